The lowest BCUT2D eigenvalue weighted by Crippen LogP contribution is -2.34. The molecule has 0 saturated heterocycles. The van der Waals surface area contributed by atoms with E-state index in [4.69, 9.17) is 0 Å². The van der Waals surface area contributed by atoms with Gasteiger partial charge in [0.2, 0.25) is 5.91 Å². The van der Waals surface area contributed by atoms with Crippen LogP contribution in [0.2, 0.25) is 0 Å². The second kappa shape index (κ2) is 14.8. The SMILES string of the molecule is CCCCCCCCCCCC(=O)NCC(=O)N/N=C\c1ccccc1O. The molecule has 1 aromatic rings. The van der Waals surface area contributed by atoms with Crippen LogP contribution in [0, 0.1) is 0 Å². The van der Waals surface area contributed by atoms with Crippen molar-refractivity contribution in [2.24, 2.45) is 5.10 Å². The number of phenolic OH excluding ortho intramolecular Hbond substituents is 1. The van der Waals surface area contributed by atoms with E-state index in [1.165, 1.54) is 57.2 Å². The first-order chi connectivity index (χ1) is 13.1. The van der Waals surface area contributed by atoms with E-state index in [0.717, 1.165) is 12.8 Å². The Morgan fingerprint density at radius 3 is 2.26 bits per heavy atom. The molecule has 0 fully saturated rings. The number of nitrogens with one attached hydrogen (secondary N) is 2. The van der Waals surface area contributed by atoms with Gasteiger partial charge < -0.3 is 10.4 Å². The Bertz CT molecular complexity index is 588. The number of rotatable bonds is 14. The van der Waals surface area contributed by atoms with Crippen molar-refractivity contribution in [2.75, 3.05) is 6.54 Å². The zero-order chi connectivity index (χ0) is 19.7. The molecule has 0 unspecified atom stereocenters. The van der Waals surface area contributed by atoms with Gasteiger partial charge in [0.05, 0.1) is 12.8 Å². The standard InChI is InChI=1S/C21H33N3O3/c1-2-3-4-5-6-7-8-9-10-15-20(26)22-17-21(27)24-23-16-18-13-11-12-14-19(18)25/h11-14,16,25H,2-10,15,17H2,1H3,(H,22,26)(H,24,27)/b23-16-. The van der Waals surface area contributed by atoms with Gasteiger partial charge in [-0.3, -0.25) is 9.59 Å². The molecule has 1 rings (SSSR count). The van der Waals surface area contributed by atoms with Crippen LogP contribution in [0.4, 0.5) is 0 Å². The smallest absolute Gasteiger partial charge is 0.259 e. The number of hydrazone groups is 1. The monoisotopic (exact) mass is 375 g/mol. The Morgan fingerprint density at radius 2 is 1.59 bits per heavy atom. The maximum absolute atomic E-state index is 11.7. The molecule has 0 saturated carbocycles. The highest BCUT2D eigenvalue weighted by Gasteiger charge is 2.04. The summed E-state index contributed by atoms with van der Waals surface area (Å²) in [6, 6.07) is 6.68. The van der Waals surface area contributed by atoms with Crippen molar-refractivity contribution in [2.45, 2.75) is 71.1 Å². The van der Waals surface area contributed by atoms with Crippen molar-refractivity contribution in [1.29, 1.82) is 0 Å². The number of unbranched alkanes of at least 4 members (excludes halogenated alkanes) is 8. The lowest BCUT2D eigenvalue weighted by Gasteiger charge is -2.05. The second-order valence-electron chi connectivity index (χ2n) is 6.71. The molecule has 0 heterocycles. The molecule has 6 nitrogen and oxygen atoms in total. The van der Waals surface area contributed by atoms with Crippen LogP contribution >= 0.6 is 0 Å². The number of amides is 2. The molecular formula is C21H33N3O3. The van der Waals surface area contributed by atoms with Gasteiger partial charge in [-0.2, -0.15) is 5.10 Å². The third-order valence-corrected chi connectivity index (χ3v) is 4.28. The van der Waals surface area contributed by atoms with Gasteiger partial charge >= 0.3 is 0 Å². The van der Waals surface area contributed by atoms with E-state index in [1.54, 1.807) is 18.2 Å². The van der Waals surface area contributed by atoms with Gasteiger partial charge in [0, 0.05) is 12.0 Å². The Labute approximate surface area is 162 Å². The van der Waals surface area contributed by atoms with E-state index in [9.17, 15) is 14.7 Å². The maximum atomic E-state index is 11.7. The number of para-hydroxylation sites is 1. The van der Waals surface area contributed by atoms with Crippen molar-refractivity contribution < 1.29 is 14.7 Å². The molecule has 0 bridgehead atoms. The van der Waals surface area contributed by atoms with Crippen LogP contribution < -0.4 is 10.7 Å². The van der Waals surface area contributed by atoms with Crippen molar-refractivity contribution in [3.8, 4) is 5.75 Å². The number of phenols is 1. The van der Waals surface area contributed by atoms with Gasteiger partial charge in [-0.15, -0.1) is 0 Å². The Kier molecular flexibility index (Phi) is 12.4. The topological polar surface area (TPSA) is 90.8 Å². The van der Waals surface area contributed by atoms with E-state index in [-0.39, 0.29) is 18.2 Å². The zero-order valence-electron chi connectivity index (χ0n) is 16.4. The van der Waals surface area contributed by atoms with E-state index in [1.807, 2.05) is 0 Å². The molecule has 150 valence electrons. The highest BCUT2D eigenvalue weighted by Crippen LogP contribution is 2.12. The van der Waals surface area contributed by atoms with Gasteiger partial charge in [0.15, 0.2) is 0 Å². The molecule has 3 N–H and O–H groups in total. The lowest BCUT2D eigenvalue weighted by molar-refractivity contribution is -0.126. The van der Waals surface area contributed by atoms with Gasteiger partial charge in [-0.25, -0.2) is 5.43 Å². The van der Waals surface area contributed by atoms with Gasteiger partial charge in [0.25, 0.3) is 5.91 Å². The minimum absolute atomic E-state index is 0.0877. The molecule has 0 aliphatic carbocycles. The third-order valence-electron chi connectivity index (χ3n) is 4.28. The van der Waals surface area contributed by atoms with E-state index in [0.29, 0.717) is 12.0 Å². The van der Waals surface area contributed by atoms with Crippen molar-refractivity contribution in [3.63, 3.8) is 0 Å². The molecular weight excluding hydrogens is 342 g/mol. The van der Waals surface area contributed by atoms with Gasteiger partial charge in [-0.1, -0.05) is 70.4 Å². The summed E-state index contributed by atoms with van der Waals surface area (Å²) in [5, 5.41) is 15.9. The number of hydrogen-bond acceptors (Lipinski definition) is 4. The number of carbonyl (C=O) groups excluding carboxylic acids is 2. The summed E-state index contributed by atoms with van der Waals surface area (Å²) < 4.78 is 0. The number of benzene rings is 1. The molecule has 0 atom stereocenters. The number of carbonyl (C=O) groups is 2. The van der Waals surface area contributed by atoms with Crippen LogP contribution in [0.3, 0.4) is 0 Å². The van der Waals surface area contributed by atoms with Crippen LogP contribution in [0.1, 0.15) is 76.7 Å². The van der Waals surface area contributed by atoms with Crippen LogP contribution in [-0.4, -0.2) is 29.7 Å². The molecule has 0 aliphatic rings. The van der Waals surface area contributed by atoms with E-state index < -0.39 is 5.91 Å². The predicted octanol–water partition coefficient (Wildman–Crippen LogP) is 3.88. The molecule has 27 heavy (non-hydrogen) atoms. The minimum atomic E-state index is -0.401. The molecule has 0 spiro atoms. The number of nitrogens with zero attached hydrogens (tertiary/aromatic N) is 1. The first kappa shape index (κ1) is 22.7. The number of hydrogen-bond donors (Lipinski definition) is 3. The molecule has 0 radical (unpaired) electrons. The molecule has 2 amide bonds. The average molecular weight is 376 g/mol. The minimum Gasteiger partial charge on any atom is -0.507 e. The predicted molar refractivity (Wildman–Crippen MR) is 109 cm³/mol. The van der Waals surface area contributed by atoms with Crippen molar-refractivity contribution in [1.82, 2.24) is 10.7 Å². The fourth-order valence-electron chi connectivity index (χ4n) is 2.67. The van der Waals surface area contributed by atoms with Gasteiger partial charge in [0.1, 0.15) is 5.75 Å². The summed E-state index contributed by atoms with van der Waals surface area (Å²) in [4.78, 5) is 23.4. The fourth-order valence-corrected chi connectivity index (χ4v) is 2.67. The second-order valence-corrected chi connectivity index (χ2v) is 6.71. The van der Waals surface area contributed by atoms with Crippen LogP contribution in [-0.2, 0) is 9.59 Å². The molecule has 0 aromatic heterocycles. The molecule has 1 aromatic carbocycles. The average Bonchev–Trinajstić information content (AvgIpc) is 2.66. The zero-order valence-corrected chi connectivity index (χ0v) is 16.4. The quantitative estimate of drug-likeness (QED) is 0.262. The van der Waals surface area contributed by atoms with E-state index >= 15 is 0 Å². The summed E-state index contributed by atoms with van der Waals surface area (Å²) in [6.07, 6.45) is 12.7. The number of aromatic hydroxyl groups is 1. The Morgan fingerprint density at radius 1 is 0.963 bits per heavy atom. The first-order valence-electron chi connectivity index (χ1n) is 10.00. The summed E-state index contributed by atoms with van der Waals surface area (Å²) in [7, 11) is 0. The van der Waals surface area contributed by atoms with Crippen molar-refractivity contribution >= 4 is 18.0 Å². The fraction of sp³-hybridized carbons (Fsp3) is 0.571. The van der Waals surface area contributed by atoms with Crippen LogP contribution in [0.15, 0.2) is 29.4 Å². The van der Waals surface area contributed by atoms with Crippen LogP contribution in [0.25, 0.3) is 0 Å². The molecule has 6 heteroatoms. The lowest BCUT2D eigenvalue weighted by atomic mass is 10.1. The van der Waals surface area contributed by atoms with Gasteiger partial charge in [-0.05, 0) is 18.6 Å². The highest BCUT2D eigenvalue weighted by atomic mass is 16.3. The summed E-state index contributed by atoms with van der Waals surface area (Å²) >= 11 is 0. The summed E-state index contributed by atoms with van der Waals surface area (Å²) in [6.45, 7) is 2.12. The Hall–Kier alpha value is -2.37. The molecule has 0 aliphatic heterocycles. The first-order valence-corrected chi connectivity index (χ1v) is 10.00. The summed E-state index contributed by atoms with van der Waals surface area (Å²) in [5.74, 6) is -0.426. The Balaban J connectivity index is 2.02. The maximum Gasteiger partial charge on any atom is 0.259 e. The van der Waals surface area contributed by atoms with E-state index in [2.05, 4.69) is 22.8 Å². The normalized spacial score (nSPS) is 10.9. The van der Waals surface area contributed by atoms with Crippen molar-refractivity contribution in [3.05, 3.63) is 29.8 Å². The third kappa shape index (κ3) is 11.8. The largest absolute Gasteiger partial charge is 0.507 e. The van der Waals surface area contributed by atoms with Crippen LogP contribution in [0.5, 0.6) is 5.75 Å². The summed E-state index contributed by atoms with van der Waals surface area (Å²) in [5.41, 5.74) is 2.83. The highest BCUT2D eigenvalue weighted by molar-refractivity contribution is 5.87.